The Balaban J connectivity index is 1.31. The fraction of sp³-hybridized carbons (Fsp3) is 0. The van der Waals surface area contributed by atoms with Crippen molar-refractivity contribution < 1.29 is 13.2 Å². The second-order valence-corrected chi connectivity index (χ2v) is 8.39. The maximum absolute atomic E-state index is 12.9. The summed E-state index contributed by atoms with van der Waals surface area (Å²) in [6.45, 7) is 0. The van der Waals surface area contributed by atoms with E-state index < -0.39 is 10.0 Å². The Kier molecular flexibility index (Phi) is 4.96. The van der Waals surface area contributed by atoms with Crippen LogP contribution in [0.5, 0.6) is 11.6 Å². The van der Waals surface area contributed by atoms with Gasteiger partial charge in [-0.3, -0.25) is 9.71 Å². The number of pyridine rings is 1. The molecule has 2 aromatic carbocycles. The molecule has 0 fully saturated rings. The fourth-order valence-electron chi connectivity index (χ4n) is 3.11. The van der Waals surface area contributed by atoms with E-state index in [-0.39, 0.29) is 4.90 Å². The number of hydrogen-bond acceptors (Lipinski definition) is 7. The topological polar surface area (TPSA) is 112 Å². The van der Waals surface area contributed by atoms with E-state index in [0.717, 1.165) is 5.39 Å². The van der Waals surface area contributed by atoms with Gasteiger partial charge in [-0.25, -0.2) is 13.1 Å². The van der Waals surface area contributed by atoms with Gasteiger partial charge in [0.25, 0.3) is 10.0 Å². The number of anilines is 1. The summed E-state index contributed by atoms with van der Waals surface area (Å²) in [5.41, 5.74) is 0.810. The van der Waals surface area contributed by atoms with Crippen molar-refractivity contribution in [3.05, 3.63) is 91.4 Å². The molecular formula is C22H16N6O3S. The lowest BCUT2D eigenvalue weighted by atomic mass is 10.2. The van der Waals surface area contributed by atoms with Gasteiger partial charge in [0.15, 0.2) is 5.82 Å². The Labute approximate surface area is 183 Å². The number of nitrogens with zero attached hydrogens (tertiary/aromatic N) is 5. The van der Waals surface area contributed by atoms with Crippen LogP contribution in [-0.2, 0) is 10.0 Å². The molecule has 10 heteroatoms. The molecule has 0 radical (unpaired) electrons. The van der Waals surface area contributed by atoms with Gasteiger partial charge in [-0.1, -0.05) is 18.2 Å². The summed E-state index contributed by atoms with van der Waals surface area (Å²) < 4.78 is 35.7. The van der Waals surface area contributed by atoms with Crippen LogP contribution in [0.25, 0.3) is 16.7 Å². The molecule has 0 amide bonds. The van der Waals surface area contributed by atoms with Gasteiger partial charge in [0.05, 0.1) is 5.52 Å². The molecule has 0 saturated heterocycles. The van der Waals surface area contributed by atoms with Crippen LogP contribution in [0.1, 0.15) is 0 Å². The number of ether oxygens (including phenoxy) is 1. The highest BCUT2D eigenvalue weighted by Crippen LogP contribution is 2.25. The lowest BCUT2D eigenvalue weighted by Crippen LogP contribution is -2.13. The van der Waals surface area contributed by atoms with Crippen LogP contribution in [-0.4, -0.2) is 33.4 Å². The van der Waals surface area contributed by atoms with Crippen LogP contribution in [0, 0.1) is 0 Å². The van der Waals surface area contributed by atoms with E-state index >= 15 is 0 Å². The number of aromatic nitrogens is 5. The molecule has 3 heterocycles. The van der Waals surface area contributed by atoms with Crippen molar-refractivity contribution in [2.24, 2.45) is 0 Å². The van der Waals surface area contributed by atoms with E-state index in [1.165, 1.54) is 6.07 Å². The summed E-state index contributed by atoms with van der Waals surface area (Å²) in [4.78, 5) is 4.33. The SMILES string of the molecule is O=S(=O)(Nc1ccc(Oc2ccc(-n3cccn3)nn2)cc1)c1cccc2cccnc12. The van der Waals surface area contributed by atoms with Gasteiger partial charge in [-0.2, -0.15) is 5.10 Å². The van der Waals surface area contributed by atoms with E-state index in [9.17, 15) is 8.42 Å². The molecule has 32 heavy (non-hydrogen) atoms. The average Bonchev–Trinajstić information content (AvgIpc) is 3.35. The van der Waals surface area contributed by atoms with Gasteiger partial charge in [0, 0.05) is 35.7 Å². The smallest absolute Gasteiger partial charge is 0.264 e. The monoisotopic (exact) mass is 444 g/mol. The predicted octanol–water partition coefficient (Wildman–Crippen LogP) is 3.80. The van der Waals surface area contributed by atoms with E-state index in [1.807, 2.05) is 12.1 Å². The number of sulfonamides is 1. The van der Waals surface area contributed by atoms with Gasteiger partial charge >= 0.3 is 0 Å². The zero-order chi connectivity index (χ0) is 22.0. The normalized spacial score (nSPS) is 11.4. The quantitative estimate of drug-likeness (QED) is 0.424. The highest BCUT2D eigenvalue weighted by atomic mass is 32.2. The average molecular weight is 444 g/mol. The first-order valence-corrected chi connectivity index (χ1v) is 11.1. The summed E-state index contributed by atoms with van der Waals surface area (Å²) in [6, 6.07) is 20.3. The molecule has 0 saturated carbocycles. The summed E-state index contributed by atoms with van der Waals surface area (Å²) in [5, 5.41) is 12.9. The molecular weight excluding hydrogens is 428 g/mol. The van der Waals surface area contributed by atoms with Crippen molar-refractivity contribution >= 4 is 26.6 Å². The highest BCUT2D eigenvalue weighted by molar-refractivity contribution is 7.93. The van der Waals surface area contributed by atoms with Gasteiger partial charge in [0.1, 0.15) is 10.6 Å². The zero-order valence-corrected chi connectivity index (χ0v) is 17.3. The Morgan fingerprint density at radius 2 is 1.69 bits per heavy atom. The first-order valence-electron chi connectivity index (χ1n) is 9.57. The number of nitrogens with one attached hydrogen (secondary N) is 1. The molecule has 1 N–H and O–H groups in total. The van der Waals surface area contributed by atoms with Crippen molar-refractivity contribution in [3.8, 4) is 17.4 Å². The fourth-order valence-corrected chi connectivity index (χ4v) is 4.35. The van der Waals surface area contributed by atoms with Gasteiger partial charge < -0.3 is 4.74 Å². The Morgan fingerprint density at radius 3 is 2.44 bits per heavy atom. The third kappa shape index (κ3) is 3.98. The number of hydrogen-bond donors (Lipinski definition) is 1. The lowest BCUT2D eigenvalue weighted by molar-refractivity contribution is 0.454. The first-order chi connectivity index (χ1) is 15.6. The van der Waals surface area contributed by atoms with Crippen molar-refractivity contribution in [1.29, 1.82) is 0 Å². The molecule has 0 unspecified atom stereocenters. The van der Waals surface area contributed by atoms with Crippen molar-refractivity contribution in [2.75, 3.05) is 4.72 Å². The Hall–Kier alpha value is -4.31. The molecule has 9 nitrogen and oxygen atoms in total. The molecule has 5 aromatic rings. The number of benzene rings is 2. The third-order valence-corrected chi connectivity index (χ3v) is 5.99. The van der Waals surface area contributed by atoms with E-state index in [2.05, 4.69) is 25.0 Å². The molecule has 158 valence electrons. The second kappa shape index (κ2) is 8.08. The molecule has 0 aliphatic carbocycles. The van der Waals surface area contributed by atoms with Gasteiger partial charge in [-0.15, -0.1) is 10.2 Å². The maximum Gasteiger partial charge on any atom is 0.264 e. The molecule has 0 spiro atoms. The van der Waals surface area contributed by atoms with Crippen LogP contribution < -0.4 is 9.46 Å². The first kappa shape index (κ1) is 19.6. The second-order valence-electron chi connectivity index (χ2n) is 6.74. The van der Waals surface area contributed by atoms with Crippen molar-refractivity contribution in [3.63, 3.8) is 0 Å². The minimum atomic E-state index is -3.82. The highest BCUT2D eigenvalue weighted by Gasteiger charge is 2.18. The zero-order valence-electron chi connectivity index (χ0n) is 16.5. The Morgan fingerprint density at radius 1 is 0.844 bits per heavy atom. The van der Waals surface area contributed by atoms with E-state index in [0.29, 0.717) is 28.7 Å². The summed E-state index contributed by atoms with van der Waals surface area (Å²) in [7, 11) is -3.82. The molecule has 3 aromatic heterocycles. The summed E-state index contributed by atoms with van der Waals surface area (Å²) >= 11 is 0. The van der Waals surface area contributed by atoms with E-state index in [4.69, 9.17) is 4.74 Å². The van der Waals surface area contributed by atoms with Crippen LogP contribution in [0.4, 0.5) is 5.69 Å². The predicted molar refractivity (Wildman–Crippen MR) is 118 cm³/mol. The lowest BCUT2D eigenvalue weighted by Gasteiger charge is -2.11. The minimum Gasteiger partial charge on any atom is -0.438 e. The molecule has 0 atom stereocenters. The third-order valence-electron chi connectivity index (χ3n) is 4.58. The van der Waals surface area contributed by atoms with Gasteiger partial charge in [-0.05, 0) is 48.5 Å². The summed E-state index contributed by atoms with van der Waals surface area (Å²) in [5.74, 6) is 1.35. The largest absolute Gasteiger partial charge is 0.438 e. The van der Waals surface area contributed by atoms with Crippen LogP contribution in [0.2, 0.25) is 0 Å². The molecule has 0 aliphatic heterocycles. The molecule has 5 rings (SSSR count). The molecule has 0 aliphatic rings. The van der Waals surface area contributed by atoms with Crippen LogP contribution in [0.15, 0.2) is 96.3 Å². The number of para-hydroxylation sites is 1. The minimum absolute atomic E-state index is 0.114. The number of fused-ring (bicyclic) bond motifs is 1. The standard InChI is InChI=1S/C22H16N6O3S/c29-32(30,19-6-1-4-16-5-2-13-23-22(16)19)27-17-7-9-18(10-8-17)31-21-12-11-20(25-26-21)28-15-3-14-24-28/h1-15,27H. The van der Waals surface area contributed by atoms with Crippen LogP contribution in [0.3, 0.4) is 0 Å². The molecule has 0 bridgehead atoms. The summed E-state index contributed by atoms with van der Waals surface area (Å²) in [6.07, 6.45) is 4.98. The van der Waals surface area contributed by atoms with Crippen molar-refractivity contribution in [2.45, 2.75) is 4.90 Å². The van der Waals surface area contributed by atoms with E-state index in [1.54, 1.807) is 77.9 Å². The maximum atomic E-state index is 12.9. The number of rotatable bonds is 6. The Bertz CT molecular complexity index is 1460. The van der Waals surface area contributed by atoms with Crippen molar-refractivity contribution in [1.82, 2.24) is 25.0 Å². The van der Waals surface area contributed by atoms with Crippen LogP contribution >= 0.6 is 0 Å². The van der Waals surface area contributed by atoms with Gasteiger partial charge in [0.2, 0.25) is 5.88 Å².